The van der Waals surface area contributed by atoms with Crippen molar-refractivity contribution in [2.45, 2.75) is 20.0 Å². The Bertz CT molecular complexity index is 640. The minimum Gasteiger partial charge on any atom is -0.451 e. The molecule has 1 atom stereocenters. The summed E-state index contributed by atoms with van der Waals surface area (Å²) in [7, 11) is 0. The normalized spacial score (nSPS) is 12.7. The van der Waals surface area contributed by atoms with Gasteiger partial charge in [-0.3, -0.25) is 4.79 Å². The average molecular weight is 257 g/mol. The number of ether oxygens (including phenoxy) is 1. The molecule has 1 aromatic carbocycles. The first-order chi connectivity index (χ1) is 9.13. The molecule has 0 aliphatic rings. The fourth-order valence-electron chi connectivity index (χ4n) is 1.90. The minimum atomic E-state index is -0.803. The Morgan fingerprint density at radius 2 is 2.05 bits per heavy atom. The summed E-state index contributed by atoms with van der Waals surface area (Å²) in [5, 5.41) is 0.835. The number of ketones is 1. The van der Waals surface area contributed by atoms with Gasteiger partial charge >= 0.3 is 5.97 Å². The van der Waals surface area contributed by atoms with Crippen LogP contribution < -0.4 is 0 Å². The molecule has 1 heterocycles. The second-order valence-corrected chi connectivity index (χ2v) is 4.19. The minimum absolute atomic E-state index is 0.213. The fraction of sp³-hybridized carbons (Fsp3) is 0.200. The number of benzene rings is 1. The molecule has 2 rings (SSSR count). The van der Waals surface area contributed by atoms with Gasteiger partial charge in [0, 0.05) is 28.7 Å². The molecular weight excluding hydrogens is 242 g/mol. The van der Waals surface area contributed by atoms with E-state index in [2.05, 4.69) is 4.98 Å². The summed E-state index contributed by atoms with van der Waals surface area (Å²) in [6, 6.07) is 7.51. The van der Waals surface area contributed by atoms with Crippen LogP contribution in [-0.4, -0.2) is 22.8 Å². The molecule has 0 aliphatic heterocycles. The molecule has 1 aromatic heterocycles. The van der Waals surface area contributed by atoms with Crippen LogP contribution in [0.4, 0.5) is 0 Å². The number of hydrogen-bond donors (Lipinski definition) is 1. The summed E-state index contributed by atoms with van der Waals surface area (Å²) in [6.07, 6.45) is 3.71. The maximum Gasteiger partial charge on any atom is 0.331 e. The van der Waals surface area contributed by atoms with Crippen molar-refractivity contribution in [1.29, 1.82) is 0 Å². The van der Waals surface area contributed by atoms with E-state index in [1.54, 1.807) is 26.1 Å². The summed E-state index contributed by atoms with van der Waals surface area (Å²) in [4.78, 5) is 26.6. The predicted molar refractivity (Wildman–Crippen MR) is 73.0 cm³/mol. The molecule has 0 amide bonds. The van der Waals surface area contributed by atoms with E-state index in [-0.39, 0.29) is 5.78 Å². The third kappa shape index (κ3) is 2.73. The Hall–Kier alpha value is -2.36. The molecule has 0 aliphatic carbocycles. The number of Topliss-reactive ketones (excluding diaryl/α,β-unsaturated/α-hetero) is 1. The number of aromatic nitrogens is 1. The van der Waals surface area contributed by atoms with Crippen LogP contribution in [0.2, 0.25) is 0 Å². The smallest absolute Gasteiger partial charge is 0.331 e. The van der Waals surface area contributed by atoms with Crippen LogP contribution >= 0.6 is 0 Å². The van der Waals surface area contributed by atoms with E-state index in [1.165, 1.54) is 6.08 Å². The van der Waals surface area contributed by atoms with E-state index >= 15 is 0 Å². The van der Waals surface area contributed by atoms with E-state index in [0.717, 1.165) is 10.9 Å². The Labute approximate surface area is 111 Å². The standard InChI is InChI=1S/C15H15NO3/c1-3-6-14(17)19-10(2)15(18)12-9-16-13-8-5-4-7-11(12)13/h3-10,16H,1-2H3/b6-3+/t10-/m1/s1. The summed E-state index contributed by atoms with van der Waals surface area (Å²) in [5.41, 5.74) is 1.43. The van der Waals surface area contributed by atoms with Gasteiger partial charge in [-0.2, -0.15) is 0 Å². The predicted octanol–water partition coefficient (Wildman–Crippen LogP) is 2.86. The Balaban J connectivity index is 2.22. The van der Waals surface area contributed by atoms with Gasteiger partial charge < -0.3 is 9.72 Å². The fourth-order valence-corrected chi connectivity index (χ4v) is 1.90. The van der Waals surface area contributed by atoms with Crippen molar-refractivity contribution in [2.75, 3.05) is 0 Å². The molecule has 19 heavy (non-hydrogen) atoms. The number of para-hydroxylation sites is 1. The summed E-state index contributed by atoms with van der Waals surface area (Å²) in [6.45, 7) is 3.29. The first-order valence-electron chi connectivity index (χ1n) is 6.07. The Kier molecular flexibility index (Phi) is 3.80. The molecule has 0 bridgehead atoms. The Morgan fingerprint density at radius 1 is 1.32 bits per heavy atom. The van der Waals surface area contributed by atoms with Gasteiger partial charge in [0.1, 0.15) is 0 Å². The van der Waals surface area contributed by atoms with Crippen LogP contribution in [0.5, 0.6) is 0 Å². The lowest BCUT2D eigenvalue weighted by Gasteiger charge is -2.10. The van der Waals surface area contributed by atoms with Crippen molar-refractivity contribution in [2.24, 2.45) is 0 Å². The number of rotatable bonds is 4. The quantitative estimate of drug-likeness (QED) is 0.520. The lowest BCUT2D eigenvalue weighted by Crippen LogP contribution is -2.23. The number of carbonyl (C=O) groups is 2. The van der Waals surface area contributed by atoms with Gasteiger partial charge in [0.25, 0.3) is 0 Å². The van der Waals surface area contributed by atoms with Crippen molar-refractivity contribution >= 4 is 22.7 Å². The molecule has 0 saturated heterocycles. The number of hydrogen-bond acceptors (Lipinski definition) is 3. The number of allylic oxidation sites excluding steroid dienone is 1. The number of nitrogens with one attached hydrogen (secondary N) is 1. The average Bonchev–Trinajstić information content (AvgIpc) is 2.81. The second-order valence-electron chi connectivity index (χ2n) is 4.19. The highest BCUT2D eigenvalue weighted by molar-refractivity contribution is 6.10. The van der Waals surface area contributed by atoms with E-state index in [9.17, 15) is 9.59 Å². The summed E-state index contributed by atoms with van der Waals surface area (Å²) in [5.74, 6) is -0.724. The molecule has 1 N–H and O–H groups in total. The number of carbonyl (C=O) groups excluding carboxylic acids is 2. The lowest BCUT2D eigenvalue weighted by atomic mass is 10.1. The van der Waals surface area contributed by atoms with Gasteiger partial charge in [0.05, 0.1) is 0 Å². The van der Waals surface area contributed by atoms with Crippen molar-refractivity contribution in [3.63, 3.8) is 0 Å². The molecule has 0 fully saturated rings. The maximum atomic E-state index is 12.2. The SMILES string of the molecule is C/C=C/C(=O)O[C@H](C)C(=O)c1c[nH]c2ccccc12. The van der Waals surface area contributed by atoms with Crippen molar-refractivity contribution in [1.82, 2.24) is 4.98 Å². The van der Waals surface area contributed by atoms with Crippen LogP contribution in [0.3, 0.4) is 0 Å². The van der Waals surface area contributed by atoms with E-state index in [0.29, 0.717) is 5.56 Å². The monoisotopic (exact) mass is 257 g/mol. The molecular formula is C15H15NO3. The highest BCUT2D eigenvalue weighted by atomic mass is 16.5. The van der Waals surface area contributed by atoms with Crippen LogP contribution in [-0.2, 0) is 9.53 Å². The first kappa shape index (κ1) is 13.1. The third-order valence-electron chi connectivity index (χ3n) is 2.82. The number of fused-ring (bicyclic) bond motifs is 1. The molecule has 4 nitrogen and oxygen atoms in total. The van der Waals surface area contributed by atoms with Crippen molar-refractivity contribution in [3.8, 4) is 0 Å². The third-order valence-corrected chi connectivity index (χ3v) is 2.82. The zero-order valence-electron chi connectivity index (χ0n) is 10.8. The highest BCUT2D eigenvalue weighted by Crippen LogP contribution is 2.19. The molecule has 0 saturated carbocycles. The van der Waals surface area contributed by atoms with Gasteiger partial charge in [-0.25, -0.2) is 4.79 Å². The zero-order chi connectivity index (χ0) is 13.8. The van der Waals surface area contributed by atoms with Gasteiger partial charge in [0.2, 0.25) is 5.78 Å². The largest absolute Gasteiger partial charge is 0.451 e. The Morgan fingerprint density at radius 3 is 2.79 bits per heavy atom. The van der Waals surface area contributed by atoms with Gasteiger partial charge in [-0.05, 0) is 19.9 Å². The van der Waals surface area contributed by atoms with Crippen LogP contribution in [0.1, 0.15) is 24.2 Å². The van der Waals surface area contributed by atoms with Gasteiger partial charge in [-0.15, -0.1) is 0 Å². The van der Waals surface area contributed by atoms with E-state index in [1.807, 2.05) is 24.3 Å². The van der Waals surface area contributed by atoms with Gasteiger partial charge in [0.15, 0.2) is 6.10 Å². The van der Waals surface area contributed by atoms with Crippen molar-refractivity contribution < 1.29 is 14.3 Å². The molecule has 2 aromatic rings. The zero-order valence-corrected chi connectivity index (χ0v) is 10.8. The summed E-state index contributed by atoms with van der Waals surface area (Å²) >= 11 is 0. The van der Waals surface area contributed by atoms with Crippen LogP contribution in [0, 0.1) is 0 Å². The maximum absolute atomic E-state index is 12.2. The molecule has 0 unspecified atom stereocenters. The summed E-state index contributed by atoms with van der Waals surface area (Å²) < 4.78 is 5.04. The lowest BCUT2D eigenvalue weighted by molar-refractivity contribution is -0.140. The number of aromatic amines is 1. The second kappa shape index (κ2) is 5.52. The molecule has 0 radical (unpaired) electrons. The van der Waals surface area contributed by atoms with E-state index < -0.39 is 12.1 Å². The highest BCUT2D eigenvalue weighted by Gasteiger charge is 2.21. The van der Waals surface area contributed by atoms with Gasteiger partial charge in [-0.1, -0.05) is 24.3 Å². The molecule has 0 spiro atoms. The number of esters is 1. The van der Waals surface area contributed by atoms with Crippen LogP contribution in [0.25, 0.3) is 10.9 Å². The molecule has 4 heteroatoms. The van der Waals surface area contributed by atoms with E-state index in [4.69, 9.17) is 4.74 Å². The van der Waals surface area contributed by atoms with Crippen molar-refractivity contribution in [3.05, 3.63) is 48.2 Å². The first-order valence-corrected chi connectivity index (χ1v) is 6.07. The van der Waals surface area contributed by atoms with Crippen LogP contribution in [0.15, 0.2) is 42.6 Å². The topological polar surface area (TPSA) is 59.2 Å². The number of H-pyrrole nitrogens is 1. The molecule has 98 valence electrons.